The molecule has 8 nitrogen and oxygen atoms in total. The summed E-state index contributed by atoms with van der Waals surface area (Å²) in [5, 5.41) is 12.4. The highest BCUT2D eigenvalue weighted by Crippen LogP contribution is 2.38. The van der Waals surface area contributed by atoms with Gasteiger partial charge in [-0.1, -0.05) is 22.7 Å². The Morgan fingerprint density at radius 1 is 0.966 bits per heavy atom. The van der Waals surface area contributed by atoms with Gasteiger partial charge in [0.2, 0.25) is 0 Å². The molecule has 0 aromatic carbocycles. The lowest BCUT2D eigenvalue weighted by Gasteiger charge is -2.35. The molecule has 148 valence electrons. The molecule has 2 aliphatic rings. The minimum Gasteiger partial charge on any atom is -0.348 e. The van der Waals surface area contributed by atoms with E-state index in [-0.39, 0.29) is 0 Å². The monoisotopic (exact) mass is 424 g/mol. The third-order valence-corrected chi connectivity index (χ3v) is 8.07. The molecule has 0 radical (unpaired) electrons. The van der Waals surface area contributed by atoms with E-state index in [9.17, 15) is 0 Å². The molecule has 2 fully saturated rings. The highest BCUT2D eigenvalue weighted by atomic mass is 32.1. The summed E-state index contributed by atoms with van der Waals surface area (Å²) < 4.78 is 0. The first kappa shape index (κ1) is 17.4. The van der Waals surface area contributed by atoms with Crippen molar-refractivity contribution in [3.63, 3.8) is 0 Å². The molecule has 4 aromatic heterocycles. The molecular formula is C19H20N8S2. The molecule has 0 saturated carbocycles. The molecule has 6 heterocycles. The van der Waals surface area contributed by atoms with E-state index in [1.165, 1.54) is 25.7 Å². The Morgan fingerprint density at radius 3 is 2.41 bits per heavy atom. The third-order valence-electron chi connectivity index (χ3n) is 5.93. The first-order valence-corrected chi connectivity index (χ1v) is 11.4. The molecule has 0 aliphatic carbocycles. The molecule has 29 heavy (non-hydrogen) atoms. The average molecular weight is 425 g/mol. The number of thiazole rings is 2. The highest BCUT2D eigenvalue weighted by molar-refractivity contribution is 7.29. The Bertz CT molecular complexity index is 1090. The van der Waals surface area contributed by atoms with E-state index in [2.05, 4.69) is 37.4 Å². The smallest absolute Gasteiger partial charge is 0.188 e. The number of nitrogens with zero attached hydrogens (tertiary/aromatic N) is 6. The van der Waals surface area contributed by atoms with Crippen LogP contribution in [0.3, 0.4) is 0 Å². The number of nitrogens with one attached hydrogen (secondary N) is 2. The number of rotatable bonds is 4. The number of fused-ring (bicyclic) bond motifs is 3. The number of aromatic nitrogens is 6. The van der Waals surface area contributed by atoms with Gasteiger partial charge in [0.1, 0.15) is 10.7 Å². The van der Waals surface area contributed by atoms with Gasteiger partial charge in [-0.05, 0) is 25.7 Å². The van der Waals surface area contributed by atoms with Gasteiger partial charge in [0, 0.05) is 36.9 Å². The Labute approximate surface area is 175 Å². The van der Waals surface area contributed by atoms with Crippen molar-refractivity contribution < 1.29 is 0 Å². The normalized spacial score (nSPS) is 23.7. The van der Waals surface area contributed by atoms with Crippen LogP contribution in [0.1, 0.15) is 25.7 Å². The Kier molecular flexibility index (Phi) is 4.10. The number of H-pyrrole nitrogens is 1. The fraction of sp³-hybridized carbons (Fsp3) is 0.421. The van der Waals surface area contributed by atoms with Gasteiger partial charge in [-0.2, -0.15) is 5.10 Å². The van der Waals surface area contributed by atoms with Crippen LogP contribution in [-0.2, 0) is 0 Å². The first-order valence-electron chi connectivity index (χ1n) is 9.81. The van der Waals surface area contributed by atoms with Crippen molar-refractivity contribution >= 4 is 37.5 Å². The predicted molar refractivity (Wildman–Crippen MR) is 115 cm³/mol. The van der Waals surface area contributed by atoms with Crippen LogP contribution in [0, 0.1) is 0 Å². The molecule has 2 saturated heterocycles. The molecule has 10 heteroatoms. The molecular weight excluding hydrogens is 404 g/mol. The summed E-state index contributed by atoms with van der Waals surface area (Å²) in [6, 6.07) is 1.92. The van der Waals surface area contributed by atoms with Gasteiger partial charge in [-0.3, -0.25) is 10.1 Å². The van der Waals surface area contributed by atoms with Gasteiger partial charge in [-0.25, -0.2) is 15.0 Å². The van der Waals surface area contributed by atoms with E-state index in [1.54, 1.807) is 47.5 Å². The first-order chi connectivity index (χ1) is 14.2. The number of piperidine rings is 1. The van der Waals surface area contributed by atoms with Gasteiger partial charge in [-0.15, -0.1) is 0 Å². The van der Waals surface area contributed by atoms with Crippen molar-refractivity contribution in [2.24, 2.45) is 0 Å². The largest absolute Gasteiger partial charge is 0.348 e. The quantitative estimate of drug-likeness (QED) is 0.519. The number of aromatic amines is 1. The summed E-state index contributed by atoms with van der Waals surface area (Å²) in [7, 11) is 2.18. The summed E-state index contributed by atoms with van der Waals surface area (Å²) in [5.41, 5.74) is 2.49. The van der Waals surface area contributed by atoms with Crippen molar-refractivity contribution in [3.8, 4) is 22.0 Å². The standard InChI is InChI=1S/C19H20N8S2/c1-27(13-4-11-2-3-12(5-13)24-11)19-26-18-17(29-19)25-16(28-18)15-9-20-14(8-21-15)10-6-22-23-7-10/h6-9,11-13,24H,2-5H2,1H3,(H,22,23)/t11-,12+,13-. The van der Waals surface area contributed by atoms with E-state index >= 15 is 0 Å². The van der Waals surface area contributed by atoms with E-state index in [4.69, 9.17) is 9.97 Å². The van der Waals surface area contributed by atoms with Crippen molar-refractivity contribution in [1.82, 2.24) is 35.5 Å². The summed E-state index contributed by atoms with van der Waals surface area (Å²) >= 11 is 3.25. The fourth-order valence-electron chi connectivity index (χ4n) is 4.37. The van der Waals surface area contributed by atoms with Gasteiger partial charge in [0.05, 0.1) is 24.3 Å². The topological polar surface area (TPSA) is 95.5 Å². The minimum atomic E-state index is 0.565. The lowest BCUT2D eigenvalue weighted by molar-refractivity contribution is 0.354. The van der Waals surface area contributed by atoms with Crippen LogP contribution in [0.15, 0.2) is 24.8 Å². The molecule has 0 amide bonds. The summed E-state index contributed by atoms with van der Waals surface area (Å²) in [6.07, 6.45) is 12.1. The zero-order valence-corrected chi connectivity index (χ0v) is 17.5. The highest BCUT2D eigenvalue weighted by Gasteiger charge is 2.36. The molecule has 2 bridgehead atoms. The van der Waals surface area contributed by atoms with Crippen LogP contribution in [0.4, 0.5) is 5.13 Å². The summed E-state index contributed by atoms with van der Waals surface area (Å²) in [5.74, 6) is 0. The Hall–Kier alpha value is -2.43. The number of hydrogen-bond acceptors (Lipinski definition) is 9. The van der Waals surface area contributed by atoms with Crippen molar-refractivity contribution in [1.29, 1.82) is 0 Å². The maximum absolute atomic E-state index is 4.88. The number of hydrogen-bond donors (Lipinski definition) is 2. The van der Waals surface area contributed by atoms with Gasteiger partial charge < -0.3 is 10.2 Å². The molecule has 6 rings (SSSR count). The fourth-order valence-corrected chi connectivity index (χ4v) is 6.40. The molecule has 2 aliphatic heterocycles. The molecule has 0 spiro atoms. The zero-order chi connectivity index (χ0) is 19.4. The molecule has 2 N–H and O–H groups in total. The predicted octanol–water partition coefficient (Wildman–Crippen LogP) is 3.32. The van der Waals surface area contributed by atoms with Crippen molar-refractivity contribution in [2.75, 3.05) is 11.9 Å². The maximum atomic E-state index is 4.88. The zero-order valence-electron chi connectivity index (χ0n) is 15.9. The van der Waals surface area contributed by atoms with Crippen molar-refractivity contribution in [3.05, 3.63) is 24.8 Å². The van der Waals surface area contributed by atoms with Gasteiger partial charge in [0.15, 0.2) is 14.8 Å². The van der Waals surface area contributed by atoms with Crippen LogP contribution in [0.5, 0.6) is 0 Å². The minimum absolute atomic E-state index is 0.565. The second kappa shape index (κ2) is 6.82. The lowest BCUT2D eigenvalue weighted by atomic mass is 9.99. The Morgan fingerprint density at radius 2 is 1.72 bits per heavy atom. The van der Waals surface area contributed by atoms with Crippen LogP contribution >= 0.6 is 22.7 Å². The van der Waals surface area contributed by atoms with Crippen molar-refractivity contribution in [2.45, 2.75) is 43.8 Å². The Balaban J connectivity index is 1.23. The second-order valence-corrected chi connectivity index (χ2v) is 9.71. The van der Waals surface area contributed by atoms with E-state index in [0.29, 0.717) is 18.1 Å². The third kappa shape index (κ3) is 3.11. The molecule has 0 unspecified atom stereocenters. The van der Waals surface area contributed by atoms with Crippen LogP contribution < -0.4 is 10.2 Å². The van der Waals surface area contributed by atoms with E-state index in [0.717, 1.165) is 36.8 Å². The SMILES string of the molecule is CN(c1nc2sc(-c3cnc(-c4cn[nH]c4)cn3)nc2s1)[C@@H]1C[C@H]2CC[C@@H](C1)N2. The van der Waals surface area contributed by atoms with Gasteiger partial charge >= 0.3 is 0 Å². The van der Waals surface area contributed by atoms with E-state index < -0.39 is 0 Å². The average Bonchev–Trinajstić information content (AvgIpc) is 3.51. The van der Waals surface area contributed by atoms with E-state index in [1.807, 2.05) is 0 Å². The number of anilines is 1. The lowest BCUT2D eigenvalue weighted by Crippen LogP contribution is -2.47. The molecule has 4 aromatic rings. The summed E-state index contributed by atoms with van der Waals surface area (Å²) in [4.78, 5) is 23.0. The maximum Gasteiger partial charge on any atom is 0.188 e. The van der Waals surface area contributed by atoms with Crippen LogP contribution in [-0.4, -0.2) is 55.3 Å². The second-order valence-electron chi connectivity index (χ2n) is 7.77. The van der Waals surface area contributed by atoms with Crippen LogP contribution in [0.2, 0.25) is 0 Å². The molecule has 3 atom stereocenters. The van der Waals surface area contributed by atoms with Crippen LogP contribution in [0.25, 0.3) is 31.6 Å². The summed E-state index contributed by atoms with van der Waals surface area (Å²) in [6.45, 7) is 0. The van der Waals surface area contributed by atoms with Gasteiger partial charge in [0.25, 0.3) is 0 Å².